The molecule has 0 aliphatic carbocycles. The predicted molar refractivity (Wildman–Crippen MR) is 98.4 cm³/mol. The highest BCUT2D eigenvalue weighted by Crippen LogP contribution is 2.29. The first-order chi connectivity index (χ1) is 12.4. The summed E-state index contributed by atoms with van der Waals surface area (Å²) in [4.78, 5) is 4.59. The fraction of sp³-hybridized carbons (Fsp3) is 0.611. The average Bonchev–Trinajstić information content (AvgIpc) is 3.28. The molecular weight excluding hydrogens is 352 g/mol. The van der Waals surface area contributed by atoms with Crippen molar-refractivity contribution in [1.29, 1.82) is 0 Å². The summed E-state index contributed by atoms with van der Waals surface area (Å²) < 4.78 is 32.3. The smallest absolute Gasteiger partial charge is 0.153 e. The lowest BCUT2D eigenvalue weighted by atomic mass is 10.0. The number of hydrogen-bond donors (Lipinski definition) is 0. The van der Waals surface area contributed by atoms with Crippen molar-refractivity contribution in [2.24, 2.45) is 0 Å². The Morgan fingerprint density at radius 3 is 2.42 bits per heavy atom. The van der Waals surface area contributed by atoms with Gasteiger partial charge in [-0.1, -0.05) is 0 Å². The molecule has 0 saturated carbocycles. The lowest BCUT2D eigenvalue weighted by Crippen LogP contribution is -2.58. The molecule has 26 heavy (non-hydrogen) atoms. The maximum absolute atomic E-state index is 12.4. The first kappa shape index (κ1) is 17.8. The Labute approximate surface area is 154 Å². The Hall–Kier alpha value is -1.64. The van der Waals surface area contributed by atoms with Crippen LogP contribution in [-0.2, 0) is 29.5 Å². The molecule has 2 saturated heterocycles. The van der Waals surface area contributed by atoms with Gasteiger partial charge >= 0.3 is 0 Å². The highest BCUT2D eigenvalue weighted by Gasteiger charge is 2.46. The number of rotatable bonds is 5. The van der Waals surface area contributed by atoms with Crippen LogP contribution in [0, 0.1) is 6.92 Å². The van der Waals surface area contributed by atoms with Crippen molar-refractivity contribution in [1.82, 2.24) is 19.6 Å². The van der Waals surface area contributed by atoms with Crippen molar-refractivity contribution in [3.63, 3.8) is 0 Å². The normalized spacial score (nSPS) is 26.2. The van der Waals surface area contributed by atoms with Gasteiger partial charge in [-0.2, -0.15) is 5.10 Å². The van der Waals surface area contributed by atoms with E-state index in [0.717, 1.165) is 43.3 Å². The average molecular weight is 378 g/mol. The molecule has 2 atom stereocenters. The molecular formula is C18H26N4O3S. The van der Waals surface area contributed by atoms with E-state index in [-0.39, 0.29) is 23.6 Å². The minimum Gasteiger partial charge on any atom is -0.465 e. The van der Waals surface area contributed by atoms with E-state index in [0.29, 0.717) is 6.54 Å². The largest absolute Gasteiger partial charge is 0.465 e. The third-order valence-corrected chi connectivity index (χ3v) is 7.16. The number of aryl methyl sites for hydroxylation is 2. The summed E-state index contributed by atoms with van der Waals surface area (Å²) in [5.74, 6) is 2.28. The summed E-state index contributed by atoms with van der Waals surface area (Å²) in [6, 6.07) is 4.01. The fourth-order valence-electron chi connectivity index (χ4n) is 4.15. The quantitative estimate of drug-likeness (QED) is 0.781. The number of hydrogen-bond acceptors (Lipinski definition) is 6. The van der Waals surface area contributed by atoms with E-state index in [9.17, 15) is 8.42 Å². The molecule has 8 heteroatoms. The van der Waals surface area contributed by atoms with Gasteiger partial charge in [0.15, 0.2) is 9.84 Å². The lowest BCUT2D eigenvalue weighted by molar-refractivity contribution is 0.0316. The second-order valence-corrected chi connectivity index (χ2v) is 9.52. The van der Waals surface area contributed by atoms with E-state index in [2.05, 4.69) is 28.0 Å². The Bertz CT molecular complexity index is 873. The standard InChI is InChI=1S/C18H26N4O3S/c1-3-22-10-15(8-19-22)9-20-6-7-21(11-16-5-4-14(2)25-16)18-13-26(23,24)12-17(18)20/h4-5,8,10,17-18H,3,6-7,9,11-13H2,1-2H3/t17-,18+/m0/s1. The van der Waals surface area contributed by atoms with Crippen molar-refractivity contribution in [2.45, 2.75) is 45.6 Å². The molecule has 2 aromatic rings. The zero-order chi connectivity index (χ0) is 18.3. The summed E-state index contributed by atoms with van der Waals surface area (Å²) in [6.45, 7) is 7.96. The fourth-order valence-corrected chi connectivity index (χ4v) is 6.20. The van der Waals surface area contributed by atoms with Gasteiger partial charge in [0.2, 0.25) is 0 Å². The van der Waals surface area contributed by atoms with Gasteiger partial charge in [-0.15, -0.1) is 0 Å². The predicted octanol–water partition coefficient (Wildman–Crippen LogP) is 1.29. The monoisotopic (exact) mass is 378 g/mol. The number of sulfone groups is 1. The zero-order valence-electron chi connectivity index (χ0n) is 15.3. The number of fused-ring (bicyclic) bond motifs is 1. The van der Waals surface area contributed by atoms with Crippen molar-refractivity contribution >= 4 is 9.84 Å². The molecule has 2 aliphatic rings. The van der Waals surface area contributed by atoms with Crippen molar-refractivity contribution in [2.75, 3.05) is 24.6 Å². The SMILES string of the molecule is CCn1cc(CN2CCN(Cc3ccc(C)o3)[C@@H]3CS(=O)(=O)C[C@@H]32)cn1. The molecule has 4 heterocycles. The highest BCUT2D eigenvalue weighted by atomic mass is 32.2. The summed E-state index contributed by atoms with van der Waals surface area (Å²) in [6.07, 6.45) is 3.94. The minimum atomic E-state index is -3.01. The van der Waals surface area contributed by atoms with E-state index in [1.807, 2.05) is 29.9 Å². The molecule has 4 rings (SSSR count). The number of furan rings is 1. The Morgan fingerprint density at radius 2 is 1.85 bits per heavy atom. The van der Waals surface area contributed by atoms with Crippen LogP contribution in [0.3, 0.4) is 0 Å². The van der Waals surface area contributed by atoms with Crippen LogP contribution in [0.25, 0.3) is 0 Å². The Kier molecular flexibility index (Phi) is 4.66. The third kappa shape index (κ3) is 3.58. The first-order valence-electron chi connectivity index (χ1n) is 9.18. The van der Waals surface area contributed by atoms with E-state index in [1.54, 1.807) is 0 Å². The van der Waals surface area contributed by atoms with Crippen LogP contribution in [0.15, 0.2) is 28.9 Å². The molecule has 142 valence electrons. The molecule has 2 fully saturated rings. The van der Waals surface area contributed by atoms with Crippen LogP contribution < -0.4 is 0 Å². The van der Waals surface area contributed by atoms with Crippen LogP contribution in [-0.4, -0.2) is 64.7 Å². The highest BCUT2D eigenvalue weighted by molar-refractivity contribution is 7.91. The molecule has 0 bridgehead atoms. The van der Waals surface area contributed by atoms with Gasteiger partial charge in [0.1, 0.15) is 11.5 Å². The Balaban J connectivity index is 1.51. The summed E-state index contributed by atoms with van der Waals surface area (Å²) >= 11 is 0. The Morgan fingerprint density at radius 1 is 1.15 bits per heavy atom. The summed E-state index contributed by atoms with van der Waals surface area (Å²) in [5, 5.41) is 4.34. The molecule has 0 unspecified atom stereocenters. The van der Waals surface area contributed by atoms with Crippen molar-refractivity contribution in [3.8, 4) is 0 Å². The molecule has 0 radical (unpaired) electrons. The molecule has 2 aliphatic heterocycles. The number of aromatic nitrogens is 2. The van der Waals surface area contributed by atoms with E-state index >= 15 is 0 Å². The van der Waals surface area contributed by atoms with Crippen LogP contribution >= 0.6 is 0 Å². The molecule has 0 amide bonds. The second-order valence-electron chi connectivity index (χ2n) is 7.37. The van der Waals surface area contributed by atoms with E-state index in [1.165, 1.54) is 0 Å². The summed E-state index contributed by atoms with van der Waals surface area (Å²) in [5.41, 5.74) is 1.14. The van der Waals surface area contributed by atoms with E-state index < -0.39 is 9.84 Å². The van der Waals surface area contributed by atoms with Crippen LogP contribution in [0.4, 0.5) is 0 Å². The van der Waals surface area contributed by atoms with Crippen molar-refractivity contribution < 1.29 is 12.8 Å². The second kappa shape index (κ2) is 6.83. The summed E-state index contributed by atoms with van der Waals surface area (Å²) in [7, 11) is -3.01. The molecule has 7 nitrogen and oxygen atoms in total. The van der Waals surface area contributed by atoms with Crippen molar-refractivity contribution in [3.05, 3.63) is 41.6 Å². The van der Waals surface area contributed by atoms with Crippen LogP contribution in [0.1, 0.15) is 24.0 Å². The van der Waals surface area contributed by atoms with Gasteiger partial charge in [-0.05, 0) is 26.0 Å². The van der Waals surface area contributed by atoms with E-state index in [4.69, 9.17) is 4.42 Å². The third-order valence-electron chi connectivity index (χ3n) is 5.46. The van der Waals surface area contributed by atoms with Gasteiger partial charge in [0.05, 0.1) is 24.2 Å². The van der Waals surface area contributed by atoms with Gasteiger partial charge in [-0.3, -0.25) is 14.5 Å². The number of piperazine rings is 1. The molecule has 0 N–H and O–H groups in total. The molecule has 0 spiro atoms. The first-order valence-corrected chi connectivity index (χ1v) is 11.0. The van der Waals surface area contributed by atoms with Gasteiger partial charge in [0.25, 0.3) is 0 Å². The zero-order valence-corrected chi connectivity index (χ0v) is 16.2. The topological polar surface area (TPSA) is 71.6 Å². The molecule has 2 aromatic heterocycles. The van der Waals surface area contributed by atoms with Gasteiger partial charge < -0.3 is 4.42 Å². The van der Waals surface area contributed by atoms with Gasteiger partial charge in [-0.25, -0.2) is 8.42 Å². The van der Waals surface area contributed by atoms with Gasteiger partial charge in [0, 0.05) is 50.0 Å². The maximum atomic E-state index is 12.4. The number of nitrogens with zero attached hydrogens (tertiary/aromatic N) is 4. The molecule has 0 aromatic carbocycles. The van der Waals surface area contributed by atoms with Crippen LogP contribution in [0.5, 0.6) is 0 Å². The van der Waals surface area contributed by atoms with Crippen LogP contribution in [0.2, 0.25) is 0 Å². The minimum absolute atomic E-state index is 0.0281. The lowest BCUT2D eigenvalue weighted by Gasteiger charge is -2.43. The maximum Gasteiger partial charge on any atom is 0.153 e.